The van der Waals surface area contributed by atoms with Crippen LogP contribution < -0.4 is 0 Å². The summed E-state index contributed by atoms with van der Waals surface area (Å²) < 4.78 is 7.18. The van der Waals surface area contributed by atoms with Gasteiger partial charge in [-0.15, -0.1) is 0 Å². The summed E-state index contributed by atoms with van der Waals surface area (Å²) in [6.07, 6.45) is 3.51. The summed E-state index contributed by atoms with van der Waals surface area (Å²) in [7, 11) is -1.63. The number of hydrogen-bond acceptors (Lipinski definition) is 1. The second kappa shape index (κ2) is 5.07. The number of rotatable bonds is 2. The van der Waals surface area contributed by atoms with Crippen molar-refractivity contribution in [3.63, 3.8) is 0 Å². The van der Waals surface area contributed by atoms with Crippen LogP contribution >= 0.6 is 28.4 Å². The molecule has 0 aromatic heterocycles. The summed E-state index contributed by atoms with van der Waals surface area (Å²) in [6.45, 7) is 15.5. The van der Waals surface area contributed by atoms with E-state index in [2.05, 4.69) is 52.0 Å². The van der Waals surface area contributed by atoms with Gasteiger partial charge in [0.05, 0.1) is 0 Å². The van der Waals surface area contributed by atoms with Gasteiger partial charge in [-0.25, -0.2) is 4.67 Å². The largest absolute Gasteiger partial charge is 0.300 e. The molecule has 0 aromatic rings. The van der Waals surface area contributed by atoms with Gasteiger partial charge in [-0.2, -0.15) is 0 Å². The molecule has 0 unspecified atom stereocenters. The first-order chi connectivity index (χ1) is 7.78. The highest BCUT2D eigenvalue weighted by Gasteiger charge is 2.48. The molecular formula is C12H27Cl2N2PSi. The van der Waals surface area contributed by atoms with Crippen molar-refractivity contribution in [2.24, 2.45) is 4.41 Å². The fourth-order valence-electron chi connectivity index (χ4n) is 3.04. The van der Waals surface area contributed by atoms with Crippen LogP contribution in [0.3, 0.4) is 0 Å². The van der Waals surface area contributed by atoms with Crippen molar-refractivity contribution in [3.8, 4) is 0 Å². The molecule has 0 radical (unpaired) electrons. The molecule has 2 nitrogen and oxygen atoms in total. The van der Waals surface area contributed by atoms with E-state index in [-0.39, 0.29) is 11.1 Å². The van der Waals surface area contributed by atoms with E-state index in [0.717, 1.165) is 12.8 Å². The Morgan fingerprint density at radius 1 is 1.00 bits per heavy atom. The average Bonchev–Trinajstić information content (AvgIpc) is 1.91. The molecule has 18 heavy (non-hydrogen) atoms. The van der Waals surface area contributed by atoms with Crippen molar-refractivity contribution in [3.05, 3.63) is 0 Å². The average molecular weight is 329 g/mol. The van der Waals surface area contributed by atoms with E-state index in [9.17, 15) is 0 Å². The van der Waals surface area contributed by atoms with Gasteiger partial charge in [0.15, 0.2) is 14.1 Å². The summed E-state index contributed by atoms with van der Waals surface area (Å²) in [5.41, 5.74) is 0.0599. The van der Waals surface area contributed by atoms with Crippen molar-refractivity contribution >= 4 is 36.6 Å². The summed E-state index contributed by atoms with van der Waals surface area (Å²) in [6, 6.07) is 0. The zero-order chi connectivity index (χ0) is 14.4. The maximum absolute atomic E-state index is 6.74. The molecule has 0 saturated carbocycles. The van der Waals surface area contributed by atoms with Crippen molar-refractivity contribution in [2.45, 2.75) is 77.7 Å². The Morgan fingerprint density at radius 3 is 1.72 bits per heavy atom. The predicted molar refractivity (Wildman–Crippen MR) is 88.2 cm³/mol. The van der Waals surface area contributed by atoms with Crippen molar-refractivity contribution < 1.29 is 0 Å². The van der Waals surface area contributed by atoms with Gasteiger partial charge in [0.1, 0.15) is 0 Å². The Bertz CT molecular complexity index is 353. The molecule has 0 spiro atoms. The van der Waals surface area contributed by atoms with E-state index < -0.39 is 14.1 Å². The van der Waals surface area contributed by atoms with Gasteiger partial charge >= 0.3 is 0 Å². The van der Waals surface area contributed by atoms with Gasteiger partial charge in [-0.3, -0.25) is 4.41 Å². The van der Waals surface area contributed by atoms with Crippen molar-refractivity contribution in [2.75, 3.05) is 0 Å². The minimum Gasteiger partial charge on any atom is -0.300 e. The highest BCUT2D eigenvalue weighted by Crippen LogP contribution is 2.70. The Labute approximate surface area is 123 Å². The molecule has 0 atom stereocenters. The molecule has 6 heteroatoms. The third-order valence-corrected chi connectivity index (χ3v) is 10.6. The SMILES string of the molecule is CC1(C)CCCC(C)(C)N1P(Cl)(Cl)=N[Si](C)(C)C. The summed E-state index contributed by atoms with van der Waals surface area (Å²) >= 11 is 13.5. The topological polar surface area (TPSA) is 15.6 Å². The normalized spacial score (nSPS) is 24.9. The summed E-state index contributed by atoms with van der Waals surface area (Å²) in [5.74, 6) is -2.42. The molecule has 0 N–H and O–H groups in total. The van der Waals surface area contributed by atoms with Gasteiger partial charge in [0.25, 0.3) is 0 Å². The Morgan fingerprint density at radius 2 is 1.39 bits per heavy atom. The molecule has 0 aliphatic carbocycles. The van der Waals surface area contributed by atoms with Crippen LogP contribution in [-0.2, 0) is 0 Å². The van der Waals surface area contributed by atoms with E-state index in [0.29, 0.717) is 0 Å². The number of hydrogen-bond donors (Lipinski definition) is 0. The van der Waals surface area contributed by atoms with E-state index in [1.165, 1.54) is 6.42 Å². The summed E-state index contributed by atoms with van der Waals surface area (Å²) in [5, 5.41) is 0. The molecule has 1 aliphatic rings. The van der Waals surface area contributed by atoms with E-state index >= 15 is 0 Å². The lowest BCUT2D eigenvalue weighted by Crippen LogP contribution is -2.55. The van der Waals surface area contributed by atoms with Crippen LogP contribution in [0.4, 0.5) is 0 Å². The smallest absolute Gasteiger partial charge is 0.197 e. The maximum Gasteiger partial charge on any atom is 0.197 e. The molecule has 0 aromatic carbocycles. The highest BCUT2D eigenvalue weighted by molar-refractivity contribution is 8.09. The van der Waals surface area contributed by atoms with Crippen LogP contribution in [0, 0.1) is 0 Å². The van der Waals surface area contributed by atoms with Crippen LogP contribution in [0.25, 0.3) is 0 Å². The predicted octanol–water partition coefficient (Wildman–Crippen LogP) is 6.29. The van der Waals surface area contributed by atoms with Crippen molar-refractivity contribution in [1.82, 2.24) is 4.67 Å². The monoisotopic (exact) mass is 328 g/mol. The first-order valence-electron chi connectivity index (χ1n) is 6.62. The van der Waals surface area contributed by atoms with Crippen LogP contribution in [-0.4, -0.2) is 24.0 Å². The molecule has 0 amide bonds. The van der Waals surface area contributed by atoms with E-state index in [1.807, 2.05) is 0 Å². The van der Waals surface area contributed by atoms with Gasteiger partial charge in [0, 0.05) is 11.1 Å². The second-order valence-electron chi connectivity index (χ2n) is 7.52. The van der Waals surface area contributed by atoms with Gasteiger partial charge < -0.3 is 0 Å². The third-order valence-electron chi connectivity index (χ3n) is 3.38. The first-order valence-corrected chi connectivity index (χ1v) is 13.6. The Kier molecular flexibility index (Phi) is 4.80. The molecule has 108 valence electrons. The van der Waals surface area contributed by atoms with Gasteiger partial charge in [-0.1, -0.05) is 0 Å². The number of nitrogens with zero attached hydrogens (tertiary/aromatic N) is 2. The molecule has 1 heterocycles. The first kappa shape index (κ1) is 17.0. The second-order valence-corrected chi connectivity index (χ2v) is 17.3. The lowest BCUT2D eigenvalue weighted by Gasteiger charge is -2.54. The fraction of sp³-hybridized carbons (Fsp3) is 1.00. The quantitative estimate of drug-likeness (QED) is 0.429. The van der Waals surface area contributed by atoms with E-state index in [4.69, 9.17) is 26.9 Å². The van der Waals surface area contributed by atoms with Crippen molar-refractivity contribution in [1.29, 1.82) is 0 Å². The minimum atomic E-state index is -2.42. The fourth-order valence-corrected chi connectivity index (χ4v) is 14.3. The van der Waals surface area contributed by atoms with Crippen LogP contribution in [0.2, 0.25) is 19.6 Å². The Balaban J connectivity index is 3.29. The third kappa shape index (κ3) is 3.99. The molecule has 1 fully saturated rings. The van der Waals surface area contributed by atoms with Gasteiger partial charge in [-0.05, 0) is 89.1 Å². The molecular weight excluding hydrogens is 302 g/mol. The molecule has 1 aliphatic heterocycles. The number of halogens is 2. The highest BCUT2D eigenvalue weighted by atomic mass is 35.9. The molecule has 1 rings (SSSR count). The molecule has 0 bridgehead atoms. The van der Waals surface area contributed by atoms with Gasteiger partial charge in [0.2, 0.25) is 0 Å². The maximum atomic E-state index is 6.74. The van der Waals surface area contributed by atoms with Crippen LogP contribution in [0.5, 0.6) is 0 Å². The summed E-state index contributed by atoms with van der Waals surface area (Å²) in [4.78, 5) is 0. The zero-order valence-corrected chi connectivity index (χ0v) is 16.1. The van der Waals surface area contributed by atoms with E-state index in [1.54, 1.807) is 0 Å². The molecule has 1 saturated heterocycles. The minimum absolute atomic E-state index is 0.0299. The lowest BCUT2D eigenvalue weighted by molar-refractivity contribution is 0.0626. The van der Waals surface area contributed by atoms with Crippen LogP contribution in [0.15, 0.2) is 4.41 Å². The standard InChI is InChI=1S/C12H27Cl2N2PSi/c1-11(2)9-8-10-12(3,4)16(11)17(13,14)15-18(5,6)7/h8-10H2,1-7H3. The lowest BCUT2D eigenvalue weighted by atomic mass is 9.83. The van der Waals surface area contributed by atoms with Crippen LogP contribution in [0.1, 0.15) is 47.0 Å². The number of piperidine rings is 1. The Hall–Kier alpha value is 0.987. The zero-order valence-electron chi connectivity index (χ0n) is 12.7.